The Bertz CT molecular complexity index is 1630. The molecule has 0 aliphatic carbocycles. The van der Waals surface area contributed by atoms with Crippen molar-refractivity contribution in [1.82, 2.24) is 23.8 Å². The van der Waals surface area contributed by atoms with E-state index in [2.05, 4.69) is 40.6 Å². The van der Waals surface area contributed by atoms with Crippen LogP contribution in [0.15, 0.2) is 67.4 Å². The van der Waals surface area contributed by atoms with Gasteiger partial charge in [0.1, 0.15) is 29.7 Å². The maximum Gasteiger partial charge on any atom is 0.205 e. The first-order chi connectivity index (χ1) is 20.1. The Kier molecular flexibility index (Phi) is 16.1. The fraction of sp³-hybridized carbons (Fsp3) is 0.233. The third kappa shape index (κ3) is 12.1. The number of nitrogens with two attached hydrogens (primary N) is 2. The zero-order valence-corrected chi connectivity index (χ0v) is 25.6. The van der Waals surface area contributed by atoms with Crippen LogP contribution in [0.5, 0.6) is 0 Å². The Labute approximate surface area is 254 Å². The summed E-state index contributed by atoms with van der Waals surface area (Å²) in [6.45, 7) is 21.5. The minimum absolute atomic E-state index is 0.0162. The van der Waals surface area contributed by atoms with E-state index in [1.807, 2.05) is 60.2 Å². The predicted octanol–water partition coefficient (Wildman–Crippen LogP) is 6.07. The summed E-state index contributed by atoms with van der Waals surface area (Å²) in [5, 5.41) is 0. The van der Waals surface area contributed by atoms with E-state index in [1.165, 1.54) is 6.20 Å². The molecule has 0 saturated heterocycles. The lowest BCUT2D eigenvalue weighted by Gasteiger charge is -1.99. The zero-order chi connectivity index (χ0) is 31.5. The molecule has 5 aromatic rings. The Morgan fingerprint density at radius 1 is 0.881 bits per heavy atom. The molecular weight excluding hydrogens is 598 g/mol. The smallest absolute Gasteiger partial charge is 0.205 e. The molecule has 11 nitrogen and oxygen atoms in total. The second-order valence-electron chi connectivity index (χ2n) is 8.44. The highest BCUT2D eigenvalue weighted by atomic mass is 79.9. The maximum atomic E-state index is 9.46. The summed E-state index contributed by atoms with van der Waals surface area (Å²) in [5.41, 5.74) is 17.1. The number of rotatable bonds is 3. The van der Waals surface area contributed by atoms with Crippen LogP contribution in [0.1, 0.15) is 37.2 Å². The number of carbonyl (C=O) groups is 2. The molecule has 0 radical (unpaired) electrons. The van der Waals surface area contributed by atoms with Crippen molar-refractivity contribution in [2.75, 3.05) is 5.73 Å². The second kappa shape index (κ2) is 19.2. The number of nitrogen functional groups attached to an aromatic ring is 1. The molecule has 218 valence electrons. The van der Waals surface area contributed by atoms with Crippen LogP contribution < -0.4 is 11.5 Å². The fourth-order valence-electron chi connectivity index (χ4n) is 2.89. The van der Waals surface area contributed by atoms with Crippen molar-refractivity contribution >= 4 is 57.0 Å². The summed E-state index contributed by atoms with van der Waals surface area (Å²) in [6, 6.07) is 10.8. The van der Waals surface area contributed by atoms with Crippen LogP contribution >= 0.6 is 15.9 Å². The van der Waals surface area contributed by atoms with Gasteiger partial charge in [-0.1, -0.05) is 41.1 Å². The molecule has 0 amide bonds. The predicted molar refractivity (Wildman–Crippen MR) is 170 cm³/mol. The number of nitrogens with zero attached hydrogens (tertiary/aromatic N) is 7. The first-order valence-electron chi connectivity index (χ1n) is 12.7. The molecule has 0 aliphatic heterocycles. The average Bonchev–Trinajstić information content (AvgIpc) is 3.59. The monoisotopic (exact) mass is 631 g/mol. The van der Waals surface area contributed by atoms with E-state index in [9.17, 15) is 9.59 Å². The van der Waals surface area contributed by atoms with Gasteiger partial charge in [-0.25, -0.2) is 19.7 Å². The van der Waals surface area contributed by atoms with Gasteiger partial charge >= 0.3 is 0 Å². The lowest BCUT2D eigenvalue weighted by atomic mass is 10.3. The third-order valence-corrected chi connectivity index (χ3v) is 5.26. The van der Waals surface area contributed by atoms with E-state index in [4.69, 9.17) is 24.6 Å². The van der Waals surface area contributed by atoms with Crippen molar-refractivity contribution in [2.45, 2.75) is 45.5 Å². The van der Waals surface area contributed by atoms with E-state index < -0.39 is 0 Å². The van der Waals surface area contributed by atoms with Crippen molar-refractivity contribution in [2.24, 2.45) is 5.73 Å². The standard InChI is InChI=1S/C9H7N3.C9H11N3.C6H5N3.C3H5BrO.C3H6O/c1-7-5-11-9-4-3-8(10-2)6-12(7)9;1-7-5-11-9-3-2-8(4-10)6-12(7)9;1-8-5-2-3-6(7)9-4-5;1-3(4)2-5;1-2-3-4/h3-6H,1H3;2-3,5-6H,4,10H2,1H3;2-4H,(H2,7,9);2-3H,1H3;3H,2H2,1H3. The van der Waals surface area contributed by atoms with Gasteiger partial charge in [-0.3, -0.25) is 4.98 Å². The van der Waals surface area contributed by atoms with Gasteiger partial charge in [-0.05, 0) is 44.5 Å². The Balaban J connectivity index is 0.000000279. The number of anilines is 1. The topological polar surface area (TPSA) is 142 Å². The first kappa shape index (κ1) is 35.1. The number of halogens is 1. The van der Waals surface area contributed by atoms with Gasteiger partial charge in [0.05, 0.1) is 18.0 Å². The van der Waals surface area contributed by atoms with E-state index in [-0.39, 0.29) is 4.83 Å². The average molecular weight is 633 g/mol. The van der Waals surface area contributed by atoms with Crippen molar-refractivity contribution in [3.05, 3.63) is 107 Å². The normalized spacial score (nSPS) is 10.0. The van der Waals surface area contributed by atoms with E-state index >= 15 is 0 Å². The summed E-state index contributed by atoms with van der Waals surface area (Å²) in [6.07, 6.45) is 11.3. The first-order valence-corrected chi connectivity index (χ1v) is 13.6. The maximum absolute atomic E-state index is 9.46. The highest BCUT2D eigenvalue weighted by Gasteiger charge is 1.99. The van der Waals surface area contributed by atoms with E-state index in [0.717, 1.165) is 40.8 Å². The highest BCUT2D eigenvalue weighted by Crippen LogP contribution is 2.14. The van der Waals surface area contributed by atoms with Gasteiger partial charge in [0.15, 0.2) is 0 Å². The minimum Gasteiger partial charge on any atom is -0.384 e. The highest BCUT2D eigenvalue weighted by molar-refractivity contribution is 9.09. The van der Waals surface area contributed by atoms with Crippen LogP contribution in [0.2, 0.25) is 0 Å². The van der Waals surface area contributed by atoms with Gasteiger partial charge in [0.25, 0.3) is 0 Å². The molecule has 5 heterocycles. The number of pyridine rings is 3. The number of imidazole rings is 2. The van der Waals surface area contributed by atoms with Crippen molar-refractivity contribution in [1.29, 1.82) is 0 Å². The molecule has 0 aliphatic rings. The van der Waals surface area contributed by atoms with Crippen LogP contribution in [0.3, 0.4) is 0 Å². The largest absolute Gasteiger partial charge is 0.384 e. The SMILES string of the molecule is CC(Br)C=O.CCC=O.Cc1cnc2ccc(CN)cn12.[C-]#[N+]c1ccc(N)nc1.[C-]#[N+]c1ccc2ncc(C)n2c1. The Morgan fingerprint density at radius 2 is 1.38 bits per heavy atom. The van der Waals surface area contributed by atoms with Gasteiger partial charge < -0.3 is 29.9 Å². The van der Waals surface area contributed by atoms with Gasteiger partial charge in [0.2, 0.25) is 11.4 Å². The molecule has 12 heteroatoms. The lowest BCUT2D eigenvalue weighted by Crippen LogP contribution is -1.98. The molecule has 0 spiro atoms. The summed E-state index contributed by atoms with van der Waals surface area (Å²) in [7, 11) is 0. The quantitative estimate of drug-likeness (QED) is 0.140. The summed E-state index contributed by atoms with van der Waals surface area (Å²) in [4.78, 5) is 37.2. The number of hydrogen-bond acceptors (Lipinski definition) is 7. The van der Waals surface area contributed by atoms with E-state index in [1.54, 1.807) is 37.5 Å². The van der Waals surface area contributed by atoms with Crippen molar-refractivity contribution < 1.29 is 9.59 Å². The second-order valence-corrected chi connectivity index (χ2v) is 9.88. The molecule has 0 fully saturated rings. The summed E-state index contributed by atoms with van der Waals surface area (Å²) in [5.74, 6) is 0.447. The molecule has 4 N–H and O–H groups in total. The molecule has 5 rings (SSSR count). The fourth-order valence-corrected chi connectivity index (χ4v) is 2.89. The molecule has 1 atom stereocenters. The van der Waals surface area contributed by atoms with Crippen LogP contribution in [-0.2, 0) is 16.1 Å². The van der Waals surface area contributed by atoms with Crippen LogP contribution in [0.25, 0.3) is 21.0 Å². The summed E-state index contributed by atoms with van der Waals surface area (Å²) < 4.78 is 3.95. The molecule has 0 aromatic carbocycles. The van der Waals surface area contributed by atoms with Crippen LogP contribution in [0.4, 0.5) is 17.2 Å². The number of aryl methyl sites for hydroxylation is 2. The number of hydrogen-bond donors (Lipinski definition) is 2. The number of aromatic nitrogens is 5. The number of carbonyl (C=O) groups excluding carboxylic acids is 2. The Morgan fingerprint density at radius 3 is 1.81 bits per heavy atom. The third-order valence-electron chi connectivity index (χ3n) is 5.05. The summed E-state index contributed by atoms with van der Waals surface area (Å²) >= 11 is 3.01. The van der Waals surface area contributed by atoms with Crippen LogP contribution in [0, 0.1) is 27.0 Å². The van der Waals surface area contributed by atoms with E-state index in [0.29, 0.717) is 30.2 Å². The minimum atomic E-state index is 0.0162. The molecule has 5 aromatic heterocycles. The van der Waals surface area contributed by atoms with Crippen LogP contribution in [-0.4, -0.2) is 41.2 Å². The molecule has 1 unspecified atom stereocenters. The molecule has 42 heavy (non-hydrogen) atoms. The zero-order valence-electron chi connectivity index (χ0n) is 24.0. The number of alkyl halides is 1. The molecule has 0 saturated carbocycles. The molecular formula is C30H34BrN9O2. The number of fused-ring (bicyclic) bond motifs is 2. The Hall–Kier alpha value is -4.91. The van der Waals surface area contributed by atoms with Crippen molar-refractivity contribution in [3.63, 3.8) is 0 Å². The van der Waals surface area contributed by atoms with Crippen molar-refractivity contribution in [3.8, 4) is 0 Å². The van der Waals surface area contributed by atoms with Gasteiger partial charge in [-0.15, -0.1) is 0 Å². The molecule has 0 bridgehead atoms. The van der Waals surface area contributed by atoms with Gasteiger partial charge in [-0.2, -0.15) is 0 Å². The lowest BCUT2D eigenvalue weighted by molar-refractivity contribution is -0.108. The number of aldehydes is 2. The van der Waals surface area contributed by atoms with Gasteiger partial charge in [0, 0.05) is 55.3 Å².